The van der Waals surface area contributed by atoms with Crippen LogP contribution in [0.2, 0.25) is 0 Å². The van der Waals surface area contributed by atoms with Crippen molar-refractivity contribution in [3.63, 3.8) is 0 Å². The average molecular weight is 333 g/mol. The Morgan fingerprint density at radius 2 is 1.67 bits per heavy atom. The van der Waals surface area contributed by atoms with Gasteiger partial charge in [0.1, 0.15) is 6.04 Å². The van der Waals surface area contributed by atoms with E-state index in [0.29, 0.717) is 6.42 Å². The van der Waals surface area contributed by atoms with Crippen molar-refractivity contribution in [2.75, 3.05) is 0 Å². The van der Waals surface area contributed by atoms with Gasteiger partial charge in [0, 0.05) is 6.04 Å². The van der Waals surface area contributed by atoms with Gasteiger partial charge >= 0.3 is 6.03 Å². The van der Waals surface area contributed by atoms with E-state index in [1.165, 1.54) is 5.56 Å². The molecule has 5 nitrogen and oxygen atoms in total. The highest BCUT2D eigenvalue weighted by Crippen LogP contribution is 2.28. The summed E-state index contributed by atoms with van der Waals surface area (Å²) in [4.78, 5) is 23.6. The molecule has 4 N–H and O–H groups in total. The quantitative estimate of drug-likeness (QED) is 0.683. The van der Waals surface area contributed by atoms with E-state index >= 15 is 0 Å². The van der Waals surface area contributed by atoms with Gasteiger partial charge in [-0.25, -0.2) is 4.79 Å². The maximum atomic E-state index is 12.5. The molecule has 0 heterocycles. The van der Waals surface area contributed by atoms with Crippen LogP contribution in [0.4, 0.5) is 4.79 Å². The first-order valence-electron chi connectivity index (χ1n) is 8.53. The first-order chi connectivity index (χ1) is 11.1. The number of nitrogens with one attached hydrogen (secondary N) is 2. The van der Waals surface area contributed by atoms with Gasteiger partial charge < -0.3 is 16.4 Å². The van der Waals surface area contributed by atoms with Crippen molar-refractivity contribution in [1.82, 2.24) is 10.6 Å². The monoisotopic (exact) mass is 333 g/mol. The van der Waals surface area contributed by atoms with Crippen molar-refractivity contribution in [3.8, 4) is 0 Å². The van der Waals surface area contributed by atoms with Crippen molar-refractivity contribution in [2.45, 2.75) is 65.0 Å². The smallest absolute Gasteiger partial charge is 0.312 e. The summed E-state index contributed by atoms with van der Waals surface area (Å²) < 4.78 is 0. The van der Waals surface area contributed by atoms with Gasteiger partial charge in [-0.1, -0.05) is 58.0 Å². The zero-order valence-corrected chi connectivity index (χ0v) is 15.4. The molecule has 3 amide bonds. The molecule has 5 heteroatoms. The topological polar surface area (TPSA) is 84.2 Å². The Hall–Kier alpha value is -2.04. The number of carbonyl (C=O) groups excluding carboxylic acids is 2. The van der Waals surface area contributed by atoms with Crippen LogP contribution in [0.25, 0.3) is 0 Å². The van der Waals surface area contributed by atoms with Gasteiger partial charge in [0.25, 0.3) is 0 Å². The predicted octanol–water partition coefficient (Wildman–Crippen LogP) is 2.94. The van der Waals surface area contributed by atoms with Crippen LogP contribution < -0.4 is 16.4 Å². The van der Waals surface area contributed by atoms with E-state index in [0.717, 1.165) is 6.42 Å². The SMILES string of the molecule is CC(C)CC(NC(N)=O)C(=O)NC(C)CC(C)(C)c1ccccc1. The number of benzene rings is 1. The van der Waals surface area contributed by atoms with Crippen LogP contribution in [0, 0.1) is 5.92 Å². The van der Waals surface area contributed by atoms with Crippen LogP contribution in [-0.2, 0) is 10.2 Å². The summed E-state index contributed by atoms with van der Waals surface area (Å²) in [5, 5.41) is 5.55. The van der Waals surface area contributed by atoms with E-state index in [1.54, 1.807) is 0 Å². The highest BCUT2D eigenvalue weighted by atomic mass is 16.2. The summed E-state index contributed by atoms with van der Waals surface area (Å²) in [5.41, 5.74) is 6.36. The van der Waals surface area contributed by atoms with E-state index in [-0.39, 0.29) is 23.3 Å². The van der Waals surface area contributed by atoms with E-state index in [4.69, 9.17) is 5.73 Å². The minimum Gasteiger partial charge on any atom is -0.352 e. The maximum absolute atomic E-state index is 12.5. The third-order valence-corrected chi connectivity index (χ3v) is 4.10. The number of rotatable bonds is 8. The Morgan fingerprint density at radius 3 is 2.17 bits per heavy atom. The molecular formula is C19H31N3O2. The lowest BCUT2D eigenvalue weighted by Gasteiger charge is -2.30. The van der Waals surface area contributed by atoms with Gasteiger partial charge in [-0.15, -0.1) is 0 Å². The Balaban J connectivity index is 2.69. The van der Waals surface area contributed by atoms with Crippen LogP contribution in [0.3, 0.4) is 0 Å². The van der Waals surface area contributed by atoms with Crippen LogP contribution in [0.5, 0.6) is 0 Å². The van der Waals surface area contributed by atoms with Crippen LogP contribution in [0.1, 0.15) is 53.0 Å². The molecule has 0 aliphatic rings. The van der Waals surface area contributed by atoms with Crippen molar-refractivity contribution in [2.24, 2.45) is 11.7 Å². The zero-order chi connectivity index (χ0) is 18.3. The van der Waals surface area contributed by atoms with Crippen LogP contribution in [0.15, 0.2) is 30.3 Å². The first kappa shape index (κ1) is 20.0. The van der Waals surface area contributed by atoms with Crippen molar-refractivity contribution >= 4 is 11.9 Å². The molecule has 24 heavy (non-hydrogen) atoms. The number of nitrogens with two attached hydrogens (primary N) is 1. The fourth-order valence-corrected chi connectivity index (χ4v) is 3.04. The fraction of sp³-hybridized carbons (Fsp3) is 0.579. The maximum Gasteiger partial charge on any atom is 0.312 e. The lowest BCUT2D eigenvalue weighted by atomic mass is 9.79. The van der Waals surface area contributed by atoms with Crippen LogP contribution in [-0.4, -0.2) is 24.0 Å². The van der Waals surface area contributed by atoms with Crippen molar-refractivity contribution < 1.29 is 9.59 Å². The largest absolute Gasteiger partial charge is 0.352 e. The molecule has 1 aromatic carbocycles. The van der Waals surface area contributed by atoms with E-state index in [9.17, 15) is 9.59 Å². The van der Waals surface area contributed by atoms with Gasteiger partial charge in [0.05, 0.1) is 0 Å². The second kappa shape index (κ2) is 8.71. The van der Waals surface area contributed by atoms with Crippen molar-refractivity contribution in [1.29, 1.82) is 0 Å². The normalized spacial score (nSPS) is 14.1. The molecule has 0 saturated carbocycles. The summed E-state index contributed by atoms with van der Waals surface area (Å²) in [5.74, 6) is 0.0996. The molecular weight excluding hydrogens is 302 g/mol. The van der Waals surface area contributed by atoms with Gasteiger partial charge in [0.2, 0.25) is 5.91 Å². The molecule has 0 saturated heterocycles. The predicted molar refractivity (Wildman–Crippen MR) is 97.7 cm³/mol. The second-order valence-electron chi connectivity index (χ2n) is 7.55. The number of hydrogen-bond donors (Lipinski definition) is 3. The molecule has 0 aliphatic heterocycles. The van der Waals surface area contributed by atoms with Gasteiger partial charge in [-0.3, -0.25) is 4.79 Å². The molecule has 0 spiro atoms. The zero-order valence-electron chi connectivity index (χ0n) is 15.4. The summed E-state index contributed by atoms with van der Waals surface area (Å²) in [7, 11) is 0. The Labute approximate surface area is 145 Å². The van der Waals surface area contributed by atoms with E-state index in [2.05, 4.69) is 36.6 Å². The highest BCUT2D eigenvalue weighted by molar-refractivity contribution is 5.86. The van der Waals surface area contributed by atoms with E-state index in [1.807, 2.05) is 39.0 Å². The molecule has 0 aliphatic carbocycles. The number of hydrogen-bond acceptors (Lipinski definition) is 2. The molecule has 1 rings (SSSR count). The molecule has 0 radical (unpaired) electrons. The van der Waals surface area contributed by atoms with Gasteiger partial charge in [-0.05, 0) is 36.7 Å². The fourth-order valence-electron chi connectivity index (χ4n) is 3.04. The van der Waals surface area contributed by atoms with Gasteiger partial charge in [0.15, 0.2) is 0 Å². The minimum absolute atomic E-state index is 0.0166. The van der Waals surface area contributed by atoms with Gasteiger partial charge in [-0.2, -0.15) is 0 Å². The minimum atomic E-state index is -0.673. The van der Waals surface area contributed by atoms with Crippen molar-refractivity contribution in [3.05, 3.63) is 35.9 Å². The number of carbonyl (C=O) groups is 2. The molecule has 0 aromatic heterocycles. The standard InChI is InChI=1S/C19H31N3O2/c1-13(2)11-16(22-18(20)24)17(23)21-14(3)12-19(4,5)15-9-7-6-8-10-15/h6-10,13-14,16H,11-12H2,1-5H3,(H,21,23)(H3,20,22,24). The molecule has 0 bridgehead atoms. The molecule has 134 valence electrons. The summed E-state index contributed by atoms with van der Waals surface area (Å²) in [6, 6.07) is 8.97. The average Bonchev–Trinajstić information content (AvgIpc) is 2.45. The molecule has 2 unspecified atom stereocenters. The third-order valence-electron chi connectivity index (χ3n) is 4.10. The summed E-state index contributed by atoms with van der Waals surface area (Å²) in [6.45, 7) is 10.3. The molecule has 1 aromatic rings. The second-order valence-corrected chi connectivity index (χ2v) is 7.55. The molecule has 0 fully saturated rings. The first-order valence-corrected chi connectivity index (χ1v) is 8.53. The number of urea groups is 1. The Bertz CT molecular complexity index is 541. The lowest BCUT2D eigenvalue weighted by molar-refractivity contribution is -0.124. The Morgan fingerprint density at radius 1 is 1.08 bits per heavy atom. The highest BCUT2D eigenvalue weighted by Gasteiger charge is 2.27. The lowest BCUT2D eigenvalue weighted by Crippen LogP contribution is -2.51. The van der Waals surface area contributed by atoms with E-state index < -0.39 is 12.1 Å². The summed E-state index contributed by atoms with van der Waals surface area (Å²) in [6.07, 6.45) is 1.36. The number of primary amides is 1. The number of amides is 3. The summed E-state index contributed by atoms with van der Waals surface area (Å²) >= 11 is 0. The molecule has 2 atom stereocenters. The third kappa shape index (κ3) is 6.60. The van der Waals surface area contributed by atoms with Crippen LogP contribution >= 0.6 is 0 Å². The Kier molecular flexibility index (Phi) is 7.26.